The molecule has 0 amide bonds. The van der Waals surface area contributed by atoms with Crippen LogP contribution in [0, 0.1) is 0 Å². The van der Waals surface area contributed by atoms with Crippen LogP contribution in [0.2, 0.25) is 0 Å². The molecular formula is C10H9BrN2O. The number of nitrogens with zero attached hydrogens (tertiary/aromatic N) is 2. The fourth-order valence-corrected chi connectivity index (χ4v) is 1.64. The first-order valence-corrected chi connectivity index (χ1v) is 5.11. The molecule has 0 aliphatic carbocycles. The second-order valence-corrected chi connectivity index (χ2v) is 3.88. The van der Waals surface area contributed by atoms with E-state index in [-0.39, 0.29) is 6.61 Å². The van der Waals surface area contributed by atoms with Crippen LogP contribution in [-0.4, -0.2) is 21.7 Å². The second kappa shape index (κ2) is 4.02. The summed E-state index contributed by atoms with van der Waals surface area (Å²) in [6.07, 6.45) is 2.28. The molecule has 1 N–H and O–H groups in total. The van der Waals surface area contributed by atoms with Crippen LogP contribution in [0.5, 0.6) is 0 Å². The SMILES string of the molecule is OCCc1ncc2cc(Br)ccc2n1. The average molecular weight is 253 g/mol. The lowest BCUT2D eigenvalue weighted by Gasteiger charge is -2.00. The largest absolute Gasteiger partial charge is 0.396 e. The molecule has 0 aliphatic heterocycles. The monoisotopic (exact) mass is 252 g/mol. The molecule has 0 spiro atoms. The number of halogens is 1. The molecule has 0 aliphatic rings. The van der Waals surface area contributed by atoms with Gasteiger partial charge in [0.05, 0.1) is 12.1 Å². The number of aromatic nitrogens is 2. The molecule has 1 heterocycles. The summed E-state index contributed by atoms with van der Waals surface area (Å²) in [5, 5.41) is 9.75. The predicted octanol–water partition coefficient (Wildman–Crippen LogP) is 1.93. The molecule has 0 bridgehead atoms. The fourth-order valence-electron chi connectivity index (χ4n) is 1.26. The van der Waals surface area contributed by atoms with E-state index in [1.54, 1.807) is 6.20 Å². The summed E-state index contributed by atoms with van der Waals surface area (Å²) in [5.74, 6) is 0.683. The molecule has 0 fully saturated rings. The van der Waals surface area contributed by atoms with Crippen LogP contribution in [0.1, 0.15) is 5.82 Å². The molecule has 3 nitrogen and oxygen atoms in total. The number of benzene rings is 1. The highest BCUT2D eigenvalue weighted by Crippen LogP contribution is 2.17. The molecule has 0 saturated carbocycles. The average Bonchev–Trinajstić information content (AvgIpc) is 2.19. The zero-order valence-electron chi connectivity index (χ0n) is 7.44. The van der Waals surface area contributed by atoms with Crippen molar-refractivity contribution in [2.75, 3.05) is 6.61 Å². The van der Waals surface area contributed by atoms with E-state index < -0.39 is 0 Å². The second-order valence-electron chi connectivity index (χ2n) is 2.96. The van der Waals surface area contributed by atoms with Gasteiger partial charge in [0, 0.05) is 22.5 Å². The van der Waals surface area contributed by atoms with Crippen molar-refractivity contribution in [3.8, 4) is 0 Å². The molecule has 2 aromatic rings. The third kappa shape index (κ3) is 1.91. The first-order chi connectivity index (χ1) is 6.79. The van der Waals surface area contributed by atoms with E-state index in [1.807, 2.05) is 18.2 Å². The molecule has 1 aromatic carbocycles. The van der Waals surface area contributed by atoms with Crippen molar-refractivity contribution in [1.29, 1.82) is 0 Å². The topological polar surface area (TPSA) is 46.0 Å². The van der Waals surface area contributed by atoms with Gasteiger partial charge in [0.25, 0.3) is 0 Å². The summed E-state index contributed by atoms with van der Waals surface area (Å²) in [6.45, 7) is 0.0854. The Morgan fingerprint density at radius 3 is 3.00 bits per heavy atom. The van der Waals surface area contributed by atoms with Crippen molar-refractivity contribution in [2.24, 2.45) is 0 Å². The maximum absolute atomic E-state index is 8.75. The minimum atomic E-state index is 0.0854. The van der Waals surface area contributed by atoms with Gasteiger partial charge in [0.2, 0.25) is 0 Å². The third-order valence-electron chi connectivity index (χ3n) is 1.93. The maximum Gasteiger partial charge on any atom is 0.131 e. The molecule has 0 atom stereocenters. The Kier molecular flexibility index (Phi) is 2.74. The van der Waals surface area contributed by atoms with Crippen LogP contribution in [0.25, 0.3) is 10.9 Å². The predicted molar refractivity (Wildman–Crippen MR) is 58.0 cm³/mol. The van der Waals surface area contributed by atoms with E-state index in [9.17, 15) is 0 Å². The molecule has 0 saturated heterocycles. The Balaban J connectivity index is 2.50. The number of hydrogen-bond acceptors (Lipinski definition) is 3. The van der Waals surface area contributed by atoms with Gasteiger partial charge in [-0.25, -0.2) is 9.97 Å². The molecular weight excluding hydrogens is 244 g/mol. The van der Waals surface area contributed by atoms with Crippen LogP contribution in [0.3, 0.4) is 0 Å². The Morgan fingerprint density at radius 1 is 1.36 bits per heavy atom. The molecule has 72 valence electrons. The Labute approximate surface area is 89.9 Å². The van der Waals surface area contributed by atoms with Gasteiger partial charge in [0.15, 0.2) is 0 Å². The van der Waals surface area contributed by atoms with Crippen molar-refractivity contribution in [3.05, 3.63) is 34.7 Å². The maximum atomic E-state index is 8.75. The van der Waals surface area contributed by atoms with Gasteiger partial charge in [0.1, 0.15) is 5.82 Å². The number of aliphatic hydroxyl groups is 1. The third-order valence-corrected chi connectivity index (χ3v) is 2.42. The van der Waals surface area contributed by atoms with Crippen LogP contribution < -0.4 is 0 Å². The van der Waals surface area contributed by atoms with E-state index in [2.05, 4.69) is 25.9 Å². The zero-order valence-corrected chi connectivity index (χ0v) is 9.03. The van der Waals surface area contributed by atoms with Crippen molar-refractivity contribution < 1.29 is 5.11 Å². The van der Waals surface area contributed by atoms with Crippen LogP contribution in [-0.2, 0) is 6.42 Å². The molecule has 0 unspecified atom stereocenters. The smallest absolute Gasteiger partial charge is 0.131 e. The van der Waals surface area contributed by atoms with Gasteiger partial charge in [-0.2, -0.15) is 0 Å². The summed E-state index contributed by atoms with van der Waals surface area (Å²) in [6, 6.07) is 5.85. The lowest BCUT2D eigenvalue weighted by Crippen LogP contribution is -1.98. The zero-order chi connectivity index (χ0) is 9.97. The number of rotatable bonds is 2. The van der Waals surface area contributed by atoms with Gasteiger partial charge in [-0.3, -0.25) is 0 Å². The molecule has 2 rings (SSSR count). The van der Waals surface area contributed by atoms with Gasteiger partial charge >= 0.3 is 0 Å². The van der Waals surface area contributed by atoms with Crippen molar-refractivity contribution >= 4 is 26.8 Å². The highest BCUT2D eigenvalue weighted by atomic mass is 79.9. The molecule has 14 heavy (non-hydrogen) atoms. The van der Waals surface area contributed by atoms with E-state index in [0.717, 1.165) is 15.4 Å². The van der Waals surface area contributed by atoms with Crippen LogP contribution in [0.4, 0.5) is 0 Å². The molecule has 1 aromatic heterocycles. The quantitative estimate of drug-likeness (QED) is 0.889. The van der Waals surface area contributed by atoms with Crippen molar-refractivity contribution in [1.82, 2.24) is 9.97 Å². The highest BCUT2D eigenvalue weighted by molar-refractivity contribution is 9.10. The van der Waals surface area contributed by atoms with Crippen molar-refractivity contribution in [2.45, 2.75) is 6.42 Å². The van der Waals surface area contributed by atoms with Gasteiger partial charge in [-0.05, 0) is 18.2 Å². The first kappa shape index (κ1) is 9.55. The lowest BCUT2D eigenvalue weighted by molar-refractivity contribution is 0.297. The fraction of sp³-hybridized carbons (Fsp3) is 0.200. The first-order valence-electron chi connectivity index (χ1n) is 4.31. The summed E-state index contributed by atoms with van der Waals surface area (Å²) in [5.41, 5.74) is 0.909. The normalized spacial score (nSPS) is 10.7. The number of hydrogen-bond donors (Lipinski definition) is 1. The Morgan fingerprint density at radius 2 is 2.21 bits per heavy atom. The van der Waals surface area contributed by atoms with E-state index >= 15 is 0 Å². The van der Waals surface area contributed by atoms with Gasteiger partial charge in [-0.1, -0.05) is 15.9 Å². The number of fused-ring (bicyclic) bond motifs is 1. The van der Waals surface area contributed by atoms with E-state index in [4.69, 9.17) is 5.11 Å². The van der Waals surface area contributed by atoms with Gasteiger partial charge in [-0.15, -0.1) is 0 Å². The molecule has 4 heteroatoms. The minimum absolute atomic E-state index is 0.0854. The Bertz CT molecular complexity index is 459. The summed E-state index contributed by atoms with van der Waals surface area (Å²) >= 11 is 3.39. The summed E-state index contributed by atoms with van der Waals surface area (Å²) < 4.78 is 1.02. The van der Waals surface area contributed by atoms with E-state index in [1.165, 1.54) is 0 Å². The van der Waals surface area contributed by atoms with Crippen molar-refractivity contribution in [3.63, 3.8) is 0 Å². The standard InChI is InChI=1S/C10H9BrN2O/c11-8-1-2-9-7(5-8)6-12-10(13-9)3-4-14/h1-2,5-6,14H,3-4H2. The van der Waals surface area contributed by atoms with Gasteiger partial charge < -0.3 is 5.11 Å². The number of aliphatic hydroxyl groups excluding tert-OH is 1. The summed E-state index contributed by atoms with van der Waals surface area (Å²) in [7, 11) is 0. The molecule has 0 radical (unpaired) electrons. The highest BCUT2D eigenvalue weighted by Gasteiger charge is 1.99. The van der Waals surface area contributed by atoms with Crippen LogP contribution in [0.15, 0.2) is 28.9 Å². The Hall–Kier alpha value is -1.00. The van der Waals surface area contributed by atoms with E-state index in [0.29, 0.717) is 12.2 Å². The summed E-state index contributed by atoms with van der Waals surface area (Å²) in [4.78, 5) is 8.46. The van der Waals surface area contributed by atoms with Crippen LogP contribution >= 0.6 is 15.9 Å². The minimum Gasteiger partial charge on any atom is -0.396 e. The lowest BCUT2D eigenvalue weighted by atomic mass is 10.2.